The summed E-state index contributed by atoms with van der Waals surface area (Å²) in [6.07, 6.45) is 3.24. The molecule has 1 N–H and O–H groups in total. The Balaban J connectivity index is 1.76. The number of methoxy groups -OCH3 is 1. The maximum Gasteiger partial charge on any atom is 0.248 e. The summed E-state index contributed by atoms with van der Waals surface area (Å²) in [5, 5.41) is 2.92. The van der Waals surface area contributed by atoms with Crippen LogP contribution < -0.4 is 14.8 Å². The summed E-state index contributed by atoms with van der Waals surface area (Å²) in [7, 11) is 1.60. The van der Waals surface area contributed by atoms with Crippen LogP contribution in [0.5, 0.6) is 11.5 Å². The van der Waals surface area contributed by atoms with Crippen molar-refractivity contribution in [2.24, 2.45) is 0 Å². The zero-order valence-electron chi connectivity index (χ0n) is 16.9. The van der Waals surface area contributed by atoms with Gasteiger partial charge in [-0.3, -0.25) is 4.79 Å². The van der Waals surface area contributed by atoms with Crippen molar-refractivity contribution in [3.8, 4) is 11.5 Å². The number of nitrogens with one attached hydrogen (secondary N) is 1. The van der Waals surface area contributed by atoms with Crippen molar-refractivity contribution in [2.75, 3.05) is 12.4 Å². The number of ether oxygens (including phenoxy) is 2. The highest BCUT2D eigenvalue weighted by Crippen LogP contribution is 2.32. The molecule has 3 rings (SSSR count). The molecule has 4 heteroatoms. The van der Waals surface area contributed by atoms with Gasteiger partial charge in [-0.25, -0.2) is 0 Å². The summed E-state index contributed by atoms with van der Waals surface area (Å²) in [6.45, 7) is 4.42. The van der Waals surface area contributed by atoms with Crippen LogP contribution in [0.25, 0.3) is 6.08 Å². The fraction of sp³-hybridized carbons (Fsp3) is 0.160. The first-order valence-corrected chi connectivity index (χ1v) is 9.47. The standard InChI is InChI=1S/C25H25NO3/c1-18-12-14-22(19(2)16-18)26-24(27)15-13-21-10-7-11-23(28-3)25(21)29-17-20-8-5-4-6-9-20/h4-16H,17H2,1-3H3,(H,26,27)/b15-13+. The fourth-order valence-electron chi connectivity index (χ4n) is 3.00. The minimum atomic E-state index is -0.200. The number of carbonyl (C=O) groups excluding carboxylic acids is 1. The summed E-state index contributed by atoms with van der Waals surface area (Å²) in [5.74, 6) is 1.03. The Hall–Kier alpha value is -3.53. The Kier molecular flexibility index (Phi) is 6.69. The van der Waals surface area contributed by atoms with E-state index in [1.165, 1.54) is 6.08 Å². The van der Waals surface area contributed by atoms with Crippen LogP contribution in [0.2, 0.25) is 0 Å². The minimum Gasteiger partial charge on any atom is -0.493 e. The largest absolute Gasteiger partial charge is 0.493 e. The van der Waals surface area contributed by atoms with E-state index in [1.807, 2.05) is 80.6 Å². The average molecular weight is 387 g/mol. The van der Waals surface area contributed by atoms with E-state index >= 15 is 0 Å². The number of benzene rings is 3. The highest BCUT2D eigenvalue weighted by Gasteiger charge is 2.10. The van der Waals surface area contributed by atoms with E-state index in [-0.39, 0.29) is 5.91 Å². The summed E-state index contributed by atoms with van der Waals surface area (Å²) >= 11 is 0. The van der Waals surface area contributed by atoms with Gasteiger partial charge in [-0.1, -0.05) is 60.2 Å². The van der Waals surface area contributed by atoms with Crippen molar-refractivity contribution in [2.45, 2.75) is 20.5 Å². The van der Waals surface area contributed by atoms with E-state index in [9.17, 15) is 4.79 Å². The molecule has 0 spiro atoms. The van der Waals surface area contributed by atoms with Crippen LogP contribution in [0.4, 0.5) is 5.69 Å². The van der Waals surface area contributed by atoms with Gasteiger partial charge in [0.25, 0.3) is 0 Å². The molecular weight excluding hydrogens is 362 g/mol. The molecule has 3 aromatic rings. The number of aryl methyl sites for hydroxylation is 2. The Morgan fingerprint density at radius 1 is 1.00 bits per heavy atom. The highest BCUT2D eigenvalue weighted by atomic mass is 16.5. The second-order valence-electron chi connectivity index (χ2n) is 6.79. The number of rotatable bonds is 7. The molecule has 3 aromatic carbocycles. The molecule has 0 aliphatic heterocycles. The molecule has 1 amide bonds. The first-order valence-electron chi connectivity index (χ1n) is 9.47. The monoisotopic (exact) mass is 387 g/mol. The molecule has 148 valence electrons. The van der Waals surface area contributed by atoms with Crippen molar-refractivity contribution in [3.63, 3.8) is 0 Å². The summed E-state index contributed by atoms with van der Waals surface area (Å²) in [4.78, 5) is 12.4. The maximum absolute atomic E-state index is 12.4. The zero-order chi connectivity index (χ0) is 20.6. The highest BCUT2D eigenvalue weighted by molar-refractivity contribution is 6.02. The molecule has 0 saturated heterocycles. The lowest BCUT2D eigenvalue weighted by Crippen LogP contribution is -2.09. The molecule has 0 heterocycles. The maximum atomic E-state index is 12.4. The van der Waals surface area contributed by atoms with Gasteiger partial charge in [0, 0.05) is 17.3 Å². The van der Waals surface area contributed by atoms with Gasteiger partial charge in [0.1, 0.15) is 6.61 Å². The first-order chi connectivity index (χ1) is 14.1. The third kappa shape index (κ3) is 5.48. The van der Waals surface area contributed by atoms with Gasteiger partial charge >= 0.3 is 0 Å². The molecule has 4 nitrogen and oxygen atoms in total. The molecule has 29 heavy (non-hydrogen) atoms. The number of amides is 1. The minimum absolute atomic E-state index is 0.200. The van der Waals surface area contributed by atoms with E-state index in [0.29, 0.717) is 18.1 Å². The molecule has 0 aliphatic rings. The molecule has 0 unspecified atom stereocenters. The Morgan fingerprint density at radius 3 is 2.52 bits per heavy atom. The van der Waals surface area contributed by atoms with Crippen LogP contribution in [0, 0.1) is 13.8 Å². The third-order valence-electron chi connectivity index (χ3n) is 4.51. The number of hydrogen-bond acceptors (Lipinski definition) is 3. The van der Waals surface area contributed by atoms with Gasteiger partial charge in [-0.15, -0.1) is 0 Å². The number of carbonyl (C=O) groups is 1. The van der Waals surface area contributed by atoms with Crippen molar-refractivity contribution in [1.82, 2.24) is 0 Å². The number of para-hydroxylation sites is 1. The zero-order valence-corrected chi connectivity index (χ0v) is 16.9. The Labute approximate surface area is 171 Å². The van der Waals surface area contributed by atoms with Gasteiger partial charge in [0.05, 0.1) is 7.11 Å². The Morgan fingerprint density at radius 2 is 1.79 bits per heavy atom. The number of anilines is 1. The van der Waals surface area contributed by atoms with Crippen molar-refractivity contribution >= 4 is 17.7 Å². The van der Waals surface area contributed by atoms with E-state index in [2.05, 4.69) is 5.32 Å². The molecular formula is C25H25NO3. The molecule has 0 bridgehead atoms. The van der Waals surface area contributed by atoms with Crippen LogP contribution in [-0.4, -0.2) is 13.0 Å². The van der Waals surface area contributed by atoms with Crippen LogP contribution >= 0.6 is 0 Å². The smallest absolute Gasteiger partial charge is 0.248 e. The van der Waals surface area contributed by atoms with Gasteiger partial charge in [-0.05, 0) is 43.2 Å². The summed E-state index contributed by atoms with van der Waals surface area (Å²) in [5.41, 5.74) is 4.82. The van der Waals surface area contributed by atoms with Crippen LogP contribution in [-0.2, 0) is 11.4 Å². The van der Waals surface area contributed by atoms with Gasteiger partial charge in [-0.2, -0.15) is 0 Å². The molecule has 0 fully saturated rings. The lowest BCUT2D eigenvalue weighted by molar-refractivity contribution is -0.111. The number of hydrogen-bond donors (Lipinski definition) is 1. The fourth-order valence-corrected chi connectivity index (χ4v) is 3.00. The van der Waals surface area contributed by atoms with Gasteiger partial charge in [0.2, 0.25) is 5.91 Å². The predicted molar refractivity (Wildman–Crippen MR) is 117 cm³/mol. The second-order valence-corrected chi connectivity index (χ2v) is 6.79. The first kappa shape index (κ1) is 20.2. The lowest BCUT2D eigenvalue weighted by Gasteiger charge is -2.13. The van der Waals surface area contributed by atoms with Crippen LogP contribution in [0.1, 0.15) is 22.3 Å². The molecule has 0 aliphatic carbocycles. The van der Waals surface area contributed by atoms with E-state index in [0.717, 1.165) is 27.9 Å². The van der Waals surface area contributed by atoms with Crippen molar-refractivity contribution in [1.29, 1.82) is 0 Å². The van der Waals surface area contributed by atoms with E-state index in [1.54, 1.807) is 13.2 Å². The average Bonchev–Trinajstić information content (AvgIpc) is 2.73. The van der Waals surface area contributed by atoms with Crippen LogP contribution in [0.15, 0.2) is 72.8 Å². The second kappa shape index (κ2) is 9.60. The lowest BCUT2D eigenvalue weighted by atomic mass is 10.1. The summed E-state index contributed by atoms with van der Waals surface area (Å²) in [6, 6.07) is 21.4. The molecule has 0 atom stereocenters. The van der Waals surface area contributed by atoms with E-state index < -0.39 is 0 Å². The van der Waals surface area contributed by atoms with Crippen LogP contribution in [0.3, 0.4) is 0 Å². The topological polar surface area (TPSA) is 47.6 Å². The quantitative estimate of drug-likeness (QED) is 0.541. The normalized spacial score (nSPS) is 10.7. The van der Waals surface area contributed by atoms with E-state index in [4.69, 9.17) is 9.47 Å². The Bertz CT molecular complexity index is 1010. The van der Waals surface area contributed by atoms with Gasteiger partial charge in [0.15, 0.2) is 11.5 Å². The summed E-state index contributed by atoms with van der Waals surface area (Å²) < 4.78 is 11.5. The molecule has 0 saturated carbocycles. The van der Waals surface area contributed by atoms with Crippen molar-refractivity contribution < 1.29 is 14.3 Å². The van der Waals surface area contributed by atoms with Crippen molar-refractivity contribution in [3.05, 3.63) is 95.1 Å². The van der Waals surface area contributed by atoms with Gasteiger partial charge < -0.3 is 14.8 Å². The predicted octanol–water partition coefficient (Wildman–Crippen LogP) is 5.54. The molecule has 0 radical (unpaired) electrons. The molecule has 0 aromatic heterocycles. The third-order valence-corrected chi connectivity index (χ3v) is 4.51. The SMILES string of the molecule is COc1cccc(/C=C/C(=O)Nc2ccc(C)cc2C)c1OCc1ccccc1.